The predicted octanol–water partition coefficient (Wildman–Crippen LogP) is 5.04. The van der Waals surface area contributed by atoms with E-state index in [1.807, 2.05) is 42.5 Å². The molecule has 28 heavy (non-hydrogen) atoms. The summed E-state index contributed by atoms with van der Waals surface area (Å²) in [6.45, 7) is 0. The van der Waals surface area contributed by atoms with Gasteiger partial charge in [-0.3, -0.25) is 4.98 Å². The third kappa shape index (κ3) is 4.57. The molecule has 0 amide bonds. The lowest BCUT2D eigenvalue weighted by Crippen LogP contribution is -2.23. The van der Waals surface area contributed by atoms with E-state index in [-0.39, 0.29) is 0 Å². The van der Waals surface area contributed by atoms with E-state index in [4.69, 9.17) is 14.7 Å². The van der Waals surface area contributed by atoms with Gasteiger partial charge in [0.1, 0.15) is 11.6 Å². The molecule has 0 radical (unpaired) electrons. The van der Waals surface area contributed by atoms with Crippen LogP contribution in [0.5, 0.6) is 5.75 Å². The van der Waals surface area contributed by atoms with Gasteiger partial charge < -0.3 is 15.4 Å². The second-order valence-electron chi connectivity index (χ2n) is 7.03. The molecular weight excluding hydrogens is 350 g/mol. The van der Waals surface area contributed by atoms with Gasteiger partial charge in [0.15, 0.2) is 0 Å². The van der Waals surface area contributed by atoms with Crippen molar-refractivity contribution in [2.45, 2.75) is 38.1 Å². The number of hydrogen-bond acceptors (Lipinski definition) is 6. The van der Waals surface area contributed by atoms with Gasteiger partial charge in [-0.15, -0.1) is 0 Å². The average Bonchev–Trinajstić information content (AvgIpc) is 2.75. The fourth-order valence-electron chi connectivity index (χ4n) is 3.52. The molecule has 0 atom stereocenters. The maximum atomic E-state index is 5.32. The second kappa shape index (κ2) is 8.69. The van der Waals surface area contributed by atoms with Crippen LogP contribution in [0.3, 0.4) is 0 Å². The number of anilines is 3. The number of nitrogens with zero attached hydrogens (tertiary/aromatic N) is 3. The number of rotatable bonds is 6. The highest BCUT2D eigenvalue weighted by Crippen LogP contribution is 2.26. The molecule has 2 heterocycles. The molecule has 0 spiro atoms. The van der Waals surface area contributed by atoms with Crippen LogP contribution in [0.4, 0.5) is 17.5 Å². The van der Waals surface area contributed by atoms with Crippen molar-refractivity contribution < 1.29 is 4.74 Å². The summed E-state index contributed by atoms with van der Waals surface area (Å²) in [4.78, 5) is 13.6. The third-order valence-electron chi connectivity index (χ3n) is 4.98. The van der Waals surface area contributed by atoms with E-state index < -0.39 is 0 Å². The standard InChI is InChI=1S/C22H25N5O/c1-28-19-9-5-8-18(14-19)24-21-15-20(16-10-12-23-13-11-16)26-22(27-21)25-17-6-3-2-4-7-17/h5,8-15,17H,2-4,6-7H2,1H3,(H2,24,25,26,27). The van der Waals surface area contributed by atoms with Gasteiger partial charge in [-0.25, -0.2) is 4.98 Å². The van der Waals surface area contributed by atoms with Crippen molar-refractivity contribution in [1.82, 2.24) is 15.0 Å². The van der Waals surface area contributed by atoms with E-state index in [1.54, 1.807) is 19.5 Å². The summed E-state index contributed by atoms with van der Waals surface area (Å²) in [7, 11) is 1.66. The Morgan fingerprint density at radius 2 is 1.79 bits per heavy atom. The molecule has 1 saturated carbocycles. The quantitative estimate of drug-likeness (QED) is 0.629. The number of pyridine rings is 1. The summed E-state index contributed by atoms with van der Waals surface area (Å²) < 4.78 is 5.32. The van der Waals surface area contributed by atoms with Crippen molar-refractivity contribution in [2.24, 2.45) is 0 Å². The van der Waals surface area contributed by atoms with Crippen LogP contribution >= 0.6 is 0 Å². The Hall–Kier alpha value is -3.15. The summed E-state index contributed by atoms with van der Waals surface area (Å²) in [5, 5.41) is 6.92. The van der Waals surface area contributed by atoms with Crippen LogP contribution in [0, 0.1) is 0 Å². The fraction of sp³-hybridized carbons (Fsp3) is 0.318. The zero-order chi connectivity index (χ0) is 19.2. The van der Waals surface area contributed by atoms with E-state index in [1.165, 1.54) is 32.1 Å². The Morgan fingerprint density at radius 1 is 0.964 bits per heavy atom. The first kappa shape index (κ1) is 18.2. The number of nitrogens with one attached hydrogen (secondary N) is 2. The molecule has 1 aliphatic rings. The number of hydrogen-bond donors (Lipinski definition) is 2. The summed E-state index contributed by atoms with van der Waals surface area (Å²) in [6.07, 6.45) is 9.73. The van der Waals surface area contributed by atoms with E-state index in [2.05, 4.69) is 15.6 Å². The van der Waals surface area contributed by atoms with E-state index in [0.29, 0.717) is 12.0 Å². The normalized spacial score (nSPS) is 14.5. The molecule has 1 fully saturated rings. The van der Waals surface area contributed by atoms with Crippen molar-refractivity contribution in [3.05, 3.63) is 54.9 Å². The van der Waals surface area contributed by atoms with Gasteiger partial charge in [-0.05, 0) is 37.1 Å². The lowest BCUT2D eigenvalue weighted by atomic mass is 9.96. The summed E-state index contributed by atoms with van der Waals surface area (Å²) in [5.74, 6) is 2.20. The first-order valence-corrected chi connectivity index (χ1v) is 9.77. The van der Waals surface area contributed by atoms with Gasteiger partial charge in [0.05, 0.1) is 12.8 Å². The average molecular weight is 375 g/mol. The Morgan fingerprint density at radius 3 is 2.57 bits per heavy atom. The van der Waals surface area contributed by atoms with Crippen LogP contribution in [-0.4, -0.2) is 28.1 Å². The lowest BCUT2D eigenvalue weighted by molar-refractivity contribution is 0.415. The van der Waals surface area contributed by atoms with Crippen molar-refractivity contribution in [3.8, 4) is 17.0 Å². The first-order valence-electron chi connectivity index (χ1n) is 9.77. The largest absolute Gasteiger partial charge is 0.497 e. The van der Waals surface area contributed by atoms with Crippen molar-refractivity contribution >= 4 is 17.5 Å². The van der Waals surface area contributed by atoms with Crippen LogP contribution in [0.15, 0.2) is 54.9 Å². The highest BCUT2D eigenvalue weighted by atomic mass is 16.5. The van der Waals surface area contributed by atoms with Crippen LogP contribution in [0.1, 0.15) is 32.1 Å². The number of ether oxygens (including phenoxy) is 1. The molecule has 1 aromatic carbocycles. The Balaban J connectivity index is 1.64. The molecule has 2 aromatic heterocycles. The molecule has 0 unspecified atom stereocenters. The minimum absolute atomic E-state index is 0.436. The molecule has 0 saturated heterocycles. The summed E-state index contributed by atoms with van der Waals surface area (Å²) in [6, 6.07) is 14.1. The fourth-order valence-corrected chi connectivity index (χ4v) is 3.52. The molecule has 3 aromatic rings. The molecule has 1 aliphatic carbocycles. The van der Waals surface area contributed by atoms with Crippen LogP contribution in [0.2, 0.25) is 0 Å². The topological polar surface area (TPSA) is 72.0 Å². The third-order valence-corrected chi connectivity index (χ3v) is 4.98. The SMILES string of the molecule is COc1cccc(Nc2cc(-c3ccncc3)nc(NC3CCCCC3)n2)c1. The maximum Gasteiger partial charge on any atom is 0.225 e. The van der Waals surface area contributed by atoms with Gasteiger partial charge in [0.25, 0.3) is 0 Å². The minimum atomic E-state index is 0.436. The van der Waals surface area contributed by atoms with Crippen molar-refractivity contribution in [2.75, 3.05) is 17.7 Å². The van der Waals surface area contributed by atoms with E-state index in [0.717, 1.165) is 28.5 Å². The monoisotopic (exact) mass is 375 g/mol. The lowest BCUT2D eigenvalue weighted by Gasteiger charge is -2.23. The number of aromatic nitrogens is 3. The molecule has 0 aliphatic heterocycles. The molecule has 6 nitrogen and oxygen atoms in total. The van der Waals surface area contributed by atoms with Crippen LogP contribution < -0.4 is 15.4 Å². The Labute approximate surface area is 165 Å². The van der Waals surface area contributed by atoms with Gasteiger partial charge in [0, 0.05) is 41.8 Å². The maximum absolute atomic E-state index is 5.32. The second-order valence-corrected chi connectivity index (χ2v) is 7.03. The molecule has 144 valence electrons. The molecule has 2 N–H and O–H groups in total. The van der Waals surface area contributed by atoms with Crippen LogP contribution in [0.25, 0.3) is 11.3 Å². The van der Waals surface area contributed by atoms with E-state index >= 15 is 0 Å². The zero-order valence-corrected chi connectivity index (χ0v) is 16.1. The van der Waals surface area contributed by atoms with Gasteiger partial charge >= 0.3 is 0 Å². The van der Waals surface area contributed by atoms with E-state index in [9.17, 15) is 0 Å². The minimum Gasteiger partial charge on any atom is -0.497 e. The Kier molecular flexibility index (Phi) is 5.66. The summed E-state index contributed by atoms with van der Waals surface area (Å²) in [5.41, 5.74) is 2.79. The first-order chi connectivity index (χ1) is 13.8. The molecule has 6 heteroatoms. The van der Waals surface area contributed by atoms with Crippen molar-refractivity contribution in [3.63, 3.8) is 0 Å². The summed E-state index contributed by atoms with van der Waals surface area (Å²) >= 11 is 0. The highest BCUT2D eigenvalue weighted by Gasteiger charge is 2.15. The highest BCUT2D eigenvalue weighted by molar-refractivity contribution is 5.67. The molecular formula is C22H25N5O. The smallest absolute Gasteiger partial charge is 0.225 e. The molecule has 4 rings (SSSR count). The Bertz CT molecular complexity index is 910. The molecule has 0 bridgehead atoms. The van der Waals surface area contributed by atoms with Gasteiger partial charge in [-0.2, -0.15) is 4.98 Å². The van der Waals surface area contributed by atoms with Gasteiger partial charge in [0.2, 0.25) is 5.95 Å². The number of methoxy groups -OCH3 is 1. The number of benzene rings is 1. The van der Waals surface area contributed by atoms with Crippen molar-refractivity contribution in [1.29, 1.82) is 0 Å². The zero-order valence-electron chi connectivity index (χ0n) is 16.1. The van der Waals surface area contributed by atoms with Gasteiger partial charge in [-0.1, -0.05) is 25.3 Å². The predicted molar refractivity (Wildman–Crippen MR) is 112 cm³/mol. The van der Waals surface area contributed by atoms with Crippen LogP contribution in [-0.2, 0) is 0 Å².